The second-order valence-electron chi connectivity index (χ2n) is 3.98. The smallest absolute Gasteiger partial charge is 0.289 e. The molecule has 1 aromatic heterocycles. The maximum absolute atomic E-state index is 12.0. The van der Waals surface area contributed by atoms with Gasteiger partial charge in [0.2, 0.25) is 0 Å². The van der Waals surface area contributed by atoms with Crippen LogP contribution in [0.4, 0.5) is 0 Å². The topological polar surface area (TPSA) is 45.5 Å². The molecule has 1 amide bonds. The lowest BCUT2D eigenvalue weighted by Crippen LogP contribution is -2.46. The van der Waals surface area contributed by atoms with E-state index in [-0.39, 0.29) is 11.1 Å². The first-order valence-electron chi connectivity index (χ1n) is 5.42. The summed E-state index contributed by atoms with van der Waals surface area (Å²) in [5.41, 5.74) is 0. The monoisotopic (exact) mass is 242 g/mol. The largest absolute Gasteiger partial charge is 0.440 e. The van der Waals surface area contributed by atoms with Crippen molar-refractivity contribution < 1.29 is 9.21 Å². The van der Waals surface area contributed by atoms with Crippen LogP contribution in [0, 0.1) is 0 Å². The standard InChI is InChI=1S/C11H15ClN2O2/c1-13-8-3-2-6-14(7-8)11(15)9-4-5-10(12)16-9/h4-5,8,13H,2-3,6-7H2,1H3. The summed E-state index contributed by atoms with van der Waals surface area (Å²) in [5, 5.41) is 3.45. The zero-order chi connectivity index (χ0) is 11.5. The third-order valence-corrected chi connectivity index (χ3v) is 3.10. The Morgan fingerprint density at radius 2 is 2.44 bits per heavy atom. The molecule has 0 aliphatic carbocycles. The molecule has 0 spiro atoms. The Balaban J connectivity index is 2.04. The number of hydrogen-bond acceptors (Lipinski definition) is 3. The average Bonchev–Trinajstić information content (AvgIpc) is 2.75. The van der Waals surface area contributed by atoms with Gasteiger partial charge in [-0.15, -0.1) is 0 Å². The number of furan rings is 1. The minimum Gasteiger partial charge on any atom is -0.440 e. The van der Waals surface area contributed by atoms with Crippen molar-refractivity contribution in [1.29, 1.82) is 0 Å². The minimum absolute atomic E-state index is 0.0770. The lowest BCUT2D eigenvalue weighted by molar-refractivity contribution is 0.0666. The van der Waals surface area contributed by atoms with Crippen molar-refractivity contribution in [1.82, 2.24) is 10.2 Å². The molecule has 0 aromatic carbocycles. The fraction of sp³-hybridized carbons (Fsp3) is 0.545. The highest BCUT2D eigenvalue weighted by Gasteiger charge is 2.25. The first-order chi connectivity index (χ1) is 7.70. The Morgan fingerprint density at radius 3 is 3.06 bits per heavy atom. The van der Waals surface area contributed by atoms with Crippen molar-refractivity contribution in [3.05, 3.63) is 23.1 Å². The van der Waals surface area contributed by atoms with Gasteiger partial charge in [0.1, 0.15) is 0 Å². The van der Waals surface area contributed by atoms with Gasteiger partial charge in [0.05, 0.1) is 0 Å². The number of carbonyl (C=O) groups excluding carboxylic acids is 1. The summed E-state index contributed by atoms with van der Waals surface area (Å²) in [5.74, 6) is 0.244. The van der Waals surface area contributed by atoms with Crippen LogP contribution < -0.4 is 5.32 Å². The summed E-state index contributed by atoms with van der Waals surface area (Å²) in [6.45, 7) is 1.52. The van der Waals surface area contributed by atoms with Crippen LogP contribution in [0.25, 0.3) is 0 Å². The van der Waals surface area contributed by atoms with Gasteiger partial charge in [-0.1, -0.05) is 0 Å². The van der Waals surface area contributed by atoms with E-state index < -0.39 is 0 Å². The van der Waals surface area contributed by atoms with E-state index in [9.17, 15) is 4.79 Å². The number of carbonyl (C=O) groups is 1. The molecule has 1 saturated heterocycles. The number of hydrogen-bond donors (Lipinski definition) is 1. The Morgan fingerprint density at radius 1 is 1.62 bits per heavy atom. The first kappa shape index (κ1) is 11.5. The second kappa shape index (κ2) is 4.89. The molecule has 1 atom stereocenters. The van der Waals surface area contributed by atoms with E-state index in [1.807, 2.05) is 7.05 Å². The minimum atomic E-state index is -0.0770. The van der Waals surface area contributed by atoms with Gasteiger partial charge in [-0.05, 0) is 43.6 Å². The first-order valence-corrected chi connectivity index (χ1v) is 5.80. The van der Waals surface area contributed by atoms with E-state index in [1.54, 1.807) is 17.0 Å². The fourth-order valence-electron chi connectivity index (χ4n) is 1.98. The molecular weight excluding hydrogens is 228 g/mol. The van der Waals surface area contributed by atoms with Crippen LogP contribution in [-0.2, 0) is 0 Å². The summed E-state index contributed by atoms with van der Waals surface area (Å²) in [6, 6.07) is 3.59. The van der Waals surface area contributed by atoms with Crippen molar-refractivity contribution in [3.8, 4) is 0 Å². The summed E-state index contributed by atoms with van der Waals surface area (Å²) < 4.78 is 5.12. The molecule has 1 N–H and O–H groups in total. The molecule has 0 bridgehead atoms. The molecule has 0 radical (unpaired) electrons. The summed E-state index contributed by atoms with van der Waals surface area (Å²) in [6.07, 6.45) is 2.13. The zero-order valence-electron chi connectivity index (χ0n) is 9.20. The predicted octanol–water partition coefficient (Wildman–Crippen LogP) is 1.76. The van der Waals surface area contributed by atoms with Gasteiger partial charge in [-0.2, -0.15) is 0 Å². The summed E-state index contributed by atoms with van der Waals surface area (Å²) in [7, 11) is 1.92. The molecule has 2 heterocycles. The molecule has 2 rings (SSSR count). The van der Waals surface area contributed by atoms with Crippen LogP contribution in [0.1, 0.15) is 23.4 Å². The van der Waals surface area contributed by atoms with Crippen LogP contribution in [0.3, 0.4) is 0 Å². The van der Waals surface area contributed by atoms with Crippen molar-refractivity contribution in [2.45, 2.75) is 18.9 Å². The number of likely N-dealkylation sites (N-methyl/N-ethyl adjacent to an activating group) is 1. The number of piperidine rings is 1. The molecule has 1 unspecified atom stereocenters. The second-order valence-corrected chi connectivity index (χ2v) is 4.36. The number of halogens is 1. The maximum atomic E-state index is 12.0. The maximum Gasteiger partial charge on any atom is 0.289 e. The molecule has 1 aromatic rings. The van der Waals surface area contributed by atoms with Gasteiger partial charge in [-0.3, -0.25) is 4.79 Å². The highest BCUT2D eigenvalue weighted by atomic mass is 35.5. The van der Waals surface area contributed by atoms with Crippen molar-refractivity contribution >= 4 is 17.5 Å². The molecule has 5 heteroatoms. The lowest BCUT2D eigenvalue weighted by Gasteiger charge is -2.31. The van der Waals surface area contributed by atoms with E-state index >= 15 is 0 Å². The van der Waals surface area contributed by atoms with Gasteiger partial charge in [0.15, 0.2) is 11.0 Å². The zero-order valence-corrected chi connectivity index (χ0v) is 9.96. The SMILES string of the molecule is CNC1CCCN(C(=O)c2ccc(Cl)o2)C1. The number of amides is 1. The van der Waals surface area contributed by atoms with Crippen LogP contribution in [0.15, 0.2) is 16.5 Å². The third-order valence-electron chi connectivity index (χ3n) is 2.90. The van der Waals surface area contributed by atoms with Gasteiger partial charge >= 0.3 is 0 Å². The molecule has 1 aliphatic rings. The Bertz CT molecular complexity index is 378. The Hall–Kier alpha value is -1.00. The van der Waals surface area contributed by atoms with E-state index in [2.05, 4.69) is 5.32 Å². The van der Waals surface area contributed by atoms with Crippen molar-refractivity contribution in [2.24, 2.45) is 0 Å². The molecule has 1 aliphatic heterocycles. The van der Waals surface area contributed by atoms with Crippen molar-refractivity contribution in [2.75, 3.05) is 20.1 Å². The summed E-state index contributed by atoms with van der Waals surface area (Å²) >= 11 is 5.65. The number of likely N-dealkylation sites (tertiary alicyclic amines) is 1. The summed E-state index contributed by atoms with van der Waals surface area (Å²) in [4.78, 5) is 13.8. The van der Waals surface area contributed by atoms with E-state index in [4.69, 9.17) is 16.0 Å². The number of rotatable bonds is 2. The predicted molar refractivity (Wildman–Crippen MR) is 61.7 cm³/mol. The molecule has 1 fully saturated rings. The molecule has 0 saturated carbocycles. The number of nitrogens with zero attached hydrogens (tertiary/aromatic N) is 1. The van der Waals surface area contributed by atoms with Crippen LogP contribution in [0.2, 0.25) is 5.22 Å². The van der Waals surface area contributed by atoms with E-state index in [0.29, 0.717) is 11.8 Å². The van der Waals surface area contributed by atoms with Crippen LogP contribution >= 0.6 is 11.6 Å². The normalized spacial score (nSPS) is 21.1. The molecule has 88 valence electrons. The molecule has 16 heavy (non-hydrogen) atoms. The highest BCUT2D eigenvalue weighted by molar-refractivity contribution is 6.29. The molecule has 4 nitrogen and oxygen atoms in total. The Labute approximate surface area is 99.5 Å². The van der Waals surface area contributed by atoms with E-state index in [1.165, 1.54) is 0 Å². The average molecular weight is 243 g/mol. The fourth-order valence-corrected chi connectivity index (χ4v) is 2.13. The Kier molecular flexibility index (Phi) is 3.51. The van der Waals surface area contributed by atoms with Crippen LogP contribution in [-0.4, -0.2) is 37.0 Å². The molecular formula is C11H15ClN2O2. The van der Waals surface area contributed by atoms with E-state index in [0.717, 1.165) is 25.9 Å². The van der Waals surface area contributed by atoms with Gasteiger partial charge < -0.3 is 14.6 Å². The van der Waals surface area contributed by atoms with Gasteiger partial charge in [0.25, 0.3) is 5.91 Å². The van der Waals surface area contributed by atoms with Gasteiger partial charge in [0, 0.05) is 19.1 Å². The highest BCUT2D eigenvalue weighted by Crippen LogP contribution is 2.17. The van der Waals surface area contributed by atoms with Crippen molar-refractivity contribution in [3.63, 3.8) is 0 Å². The lowest BCUT2D eigenvalue weighted by atomic mass is 10.1. The quantitative estimate of drug-likeness (QED) is 0.860. The van der Waals surface area contributed by atoms with Gasteiger partial charge in [-0.25, -0.2) is 0 Å². The third kappa shape index (κ3) is 2.39. The number of nitrogens with one attached hydrogen (secondary N) is 1. The van der Waals surface area contributed by atoms with Crippen LogP contribution in [0.5, 0.6) is 0 Å².